The Bertz CT molecular complexity index is 705. The summed E-state index contributed by atoms with van der Waals surface area (Å²) in [5.74, 6) is -0.264. The second kappa shape index (κ2) is 5.93. The maximum absolute atomic E-state index is 11.2. The average Bonchev–Trinajstić information content (AvgIpc) is 2.76. The van der Waals surface area contributed by atoms with E-state index < -0.39 is 0 Å². The normalized spacial score (nSPS) is 14.8. The van der Waals surface area contributed by atoms with Crippen molar-refractivity contribution in [3.63, 3.8) is 0 Å². The van der Waals surface area contributed by atoms with E-state index in [4.69, 9.17) is 5.73 Å². The molecule has 1 amide bonds. The van der Waals surface area contributed by atoms with Gasteiger partial charge < -0.3 is 5.73 Å². The van der Waals surface area contributed by atoms with Gasteiger partial charge in [0.2, 0.25) is 5.91 Å². The molecule has 0 radical (unpaired) electrons. The molecule has 116 valence electrons. The number of amides is 1. The standard InChI is InChI=1S/C17H22N4O/c1-12-9-20(2)19-16(12)11-21-7-6-15-13(8-17(18)22)4-3-5-14(15)10-21/h3-5,9H,6-8,10-11H2,1-2H3,(H2,18,22). The van der Waals surface area contributed by atoms with E-state index in [1.165, 1.54) is 16.7 Å². The van der Waals surface area contributed by atoms with Crippen LogP contribution in [0.1, 0.15) is 27.9 Å². The number of nitrogens with two attached hydrogens (primary N) is 1. The summed E-state index contributed by atoms with van der Waals surface area (Å²) in [6.45, 7) is 4.86. The first kappa shape index (κ1) is 14.8. The average molecular weight is 298 g/mol. The predicted molar refractivity (Wildman–Crippen MR) is 85.1 cm³/mol. The molecule has 0 fully saturated rings. The number of carbonyl (C=O) groups is 1. The van der Waals surface area contributed by atoms with Crippen molar-refractivity contribution in [3.8, 4) is 0 Å². The van der Waals surface area contributed by atoms with E-state index >= 15 is 0 Å². The minimum atomic E-state index is -0.264. The van der Waals surface area contributed by atoms with E-state index in [2.05, 4.69) is 29.2 Å². The lowest BCUT2D eigenvalue weighted by Crippen LogP contribution is -2.31. The molecule has 1 aliphatic rings. The van der Waals surface area contributed by atoms with Crippen molar-refractivity contribution in [2.24, 2.45) is 12.8 Å². The maximum Gasteiger partial charge on any atom is 0.221 e. The maximum atomic E-state index is 11.2. The van der Waals surface area contributed by atoms with Gasteiger partial charge in [-0.3, -0.25) is 14.4 Å². The molecule has 0 unspecified atom stereocenters. The zero-order chi connectivity index (χ0) is 15.7. The molecule has 0 atom stereocenters. The Kier molecular flexibility index (Phi) is 3.98. The summed E-state index contributed by atoms with van der Waals surface area (Å²) in [6, 6.07) is 6.19. The molecular formula is C17H22N4O. The topological polar surface area (TPSA) is 64.2 Å². The first-order chi connectivity index (χ1) is 10.5. The van der Waals surface area contributed by atoms with Crippen LogP contribution in [0, 0.1) is 6.92 Å². The van der Waals surface area contributed by atoms with Gasteiger partial charge >= 0.3 is 0 Å². The summed E-state index contributed by atoms with van der Waals surface area (Å²) >= 11 is 0. The first-order valence-electron chi connectivity index (χ1n) is 7.62. The molecule has 5 nitrogen and oxygen atoms in total. The molecule has 1 aromatic carbocycles. The van der Waals surface area contributed by atoms with Crippen molar-refractivity contribution in [1.82, 2.24) is 14.7 Å². The van der Waals surface area contributed by atoms with E-state index in [1.54, 1.807) is 0 Å². The lowest BCUT2D eigenvalue weighted by Gasteiger charge is -2.29. The summed E-state index contributed by atoms with van der Waals surface area (Å²) in [7, 11) is 1.96. The van der Waals surface area contributed by atoms with Crippen LogP contribution >= 0.6 is 0 Å². The third kappa shape index (κ3) is 3.04. The van der Waals surface area contributed by atoms with E-state index in [1.807, 2.05) is 23.9 Å². The molecule has 1 aliphatic heterocycles. The Balaban J connectivity index is 1.77. The van der Waals surface area contributed by atoms with Crippen LogP contribution in [0.25, 0.3) is 0 Å². The van der Waals surface area contributed by atoms with Gasteiger partial charge in [-0.2, -0.15) is 5.10 Å². The van der Waals surface area contributed by atoms with Crippen molar-refractivity contribution < 1.29 is 4.79 Å². The number of carbonyl (C=O) groups excluding carboxylic acids is 1. The molecule has 2 N–H and O–H groups in total. The smallest absolute Gasteiger partial charge is 0.221 e. The van der Waals surface area contributed by atoms with E-state index in [9.17, 15) is 4.79 Å². The fourth-order valence-corrected chi connectivity index (χ4v) is 3.26. The van der Waals surface area contributed by atoms with Crippen LogP contribution in [0.2, 0.25) is 0 Å². The molecule has 5 heteroatoms. The van der Waals surface area contributed by atoms with Crippen LogP contribution in [0.4, 0.5) is 0 Å². The van der Waals surface area contributed by atoms with Crippen LogP contribution in [0.5, 0.6) is 0 Å². The number of aromatic nitrogens is 2. The number of hydrogen-bond donors (Lipinski definition) is 1. The molecule has 0 spiro atoms. The van der Waals surface area contributed by atoms with Crippen LogP contribution < -0.4 is 5.73 Å². The van der Waals surface area contributed by atoms with E-state index in [0.29, 0.717) is 6.42 Å². The molecule has 1 aromatic heterocycles. The van der Waals surface area contributed by atoms with Gasteiger partial charge in [-0.15, -0.1) is 0 Å². The molecule has 3 rings (SSSR count). The molecule has 0 saturated carbocycles. The highest BCUT2D eigenvalue weighted by atomic mass is 16.1. The second-order valence-corrected chi connectivity index (χ2v) is 6.09. The number of rotatable bonds is 4. The van der Waals surface area contributed by atoms with Gasteiger partial charge in [0.15, 0.2) is 0 Å². The lowest BCUT2D eigenvalue weighted by molar-refractivity contribution is -0.117. The number of nitrogens with zero attached hydrogens (tertiary/aromatic N) is 3. The summed E-state index contributed by atoms with van der Waals surface area (Å²) in [6.07, 6.45) is 3.35. The molecule has 0 bridgehead atoms. The highest BCUT2D eigenvalue weighted by Crippen LogP contribution is 2.24. The predicted octanol–water partition coefficient (Wildman–Crippen LogP) is 1.31. The number of fused-ring (bicyclic) bond motifs is 1. The van der Waals surface area contributed by atoms with Crippen LogP contribution in [0.3, 0.4) is 0 Å². The van der Waals surface area contributed by atoms with Crippen LogP contribution in [0.15, 0.2) is 24.4 Å². The third-order valence-electron chi connectivity index (χ3n) is 4.29. The molecule has 2 aromatic rings. The summed E-state index contributed by atoms with van der Waals surface area (Å²) < 4.78 is 1.87. The van der Waals surface area contributed by atoms with Crippen molar-refractivity contribution in [2.45, 2.75) is 32.9 Å². The third-order valence-corrected chi connectivity index (χ3v) is 4.29. The highest BCUT2D eigenvalue weighted by molar-refractivity contribution is 5.77. The molecule has 0 saturated heterocycles. The van der Waals surface area contributed by atoms with Gasteiger partial charge in [-0.25, -0.2) is 0 Å². The Morgan fingerprint density at radius 3 is 2.91 bits per heavy atom. The number of aryl methyl sites for hydroxylation is 2. The van der Waals surface area contributed by atoms with Gasteiger partial charge in [0, 0.05) is 32.9 Å². The van der Waals surface area contributed by atoms with Crippen molar-refractivity contribution in [3.05, 3.63) is 52.3 Å². The number of hydrogen-bond acceptors (Lipinski definition) is 3. The quantitative estimate of drug-likeness (QED) is 0.926. The molecule has 22 heavy (non-hydrogen) atoms. The molecule has 0 aliphatic carbocycles. The minimum Gasteiger partial charge on any atom is -0.369 e. The van der Waals surface area contributed by atoms with E-state index in [-0.39, 0.29) is 5.91 Å². The van der Waals surface area contributed by atoms with Crippen LogP contribution in [-0.4, -0.2) is 27.1 Å². The first-order valence-corrected chi connectivity index (χ1v) is 7.62. The Hall–Kier alpha value is -2.14. The number of benzene rings is 1. The fourth-order valence-electron chi connectivity index (χ4n) is 3.26. The SMILES string of the molecule is Cc1cn(C)nc1CN1CCc2c(CC(N)=O)cccc2C1. The van der Waals surface area contributed by atoms with Crippen molar-refractivity contribution >= 4 is 5.91 Å². The summed E-state index contributed by atoms with van der Waals surface area (Å²) in [4.78, 5) is 13.6. The Morgan fingerprint density at radius 2 is 2.23 bits per heavy atom. The van der Waals surface area contributed by atoms with Gasteiger partial charge in [0.05, 0.1) is 12.1 Å². The van der Waals surface area contributed by atoms with Crippen LogP contribution in [-0.2, 0) is 37.8 Å². The van der Waals surface area contributed by atoms with Gasteiger partial charge in [0.25, 0.3) is 0 Å². The zero-order valence-corrected chi connectivity index (χ0v) is 13.2. The van der Waals surface area contributed by atoms with Gasteiger partial charge in [-0.1, -0.05) is 18.2 Å². The Labute approximate surface area is 130 Å². The fraction of sp³-hybridized carbons (Fsp3) is 0.412. The highest BCUT2D eigenvalue weighted by Gasteiger charge is 2.20. The zero-order valence-electron chi connectivity index (χ0n) is 13.2. The molecular weight excluding hydrogens is 276 g/mol. The van der Waals surface area contributed by atoms with Crippen molar-refractivity contribution in [2.75, 3.05) is 6.54 Å². The van der Waals surface area contributed by atoms with Crippen molar-refractivity contribution in [1.29, 1.82) is 0 Å². The largest absolute Gasteiger partial charge is 0.369 e. The summed E-state index contributed by atoms with van der Waals surface area (Å²) in [5.41, 5.74) is 11.4. The lowest BCUT2D eigenvalue weighted by atomic mass is 9.92. The van der Waals surface area contributed by atoms with E-state index in [0.717, 1.165) is 37.3 Å². The monoisotopic (exact) mass is 298 g/mol. The van der Waals surface area contributed by atoms with Gasteiger partial charge in [0.1, 0.15) is 0 Å². The van der Waals surface area contributed by atoms with Gasteiger partial charge in [-0.05, 0) is 35.6 Å². The minimum absolute atomic E-state index is 0.264. The number of primary amides is 1. The summed E-state index contributed by atoms with van der Waals surface area (Å²) in [5, 5.41) is 4.53. The Morgan fingerprint density at radius 1 is 1.41 bits per heavy atom. The molecule has 2 heterocycles. The second-order valence-electron chi connectivity index (χ2n) is 6.09.